The Hall–Kier alpha value is -2.44. The third kappa shape index (κ3) is 2.86. The summed E-state index contributed by atoms with van der Waals surface area (Å²) in [5.74, 6) is -1.66. The van der Waals surface area contributed by atoms with Gasteiger partial charge in [0.05, 0.1) is 10.5 Å². The number of carbonyl (C=O) groups is 2. The van der Waals surface area contributed by atoms with Gasteiger partial charge in [-0.05, 0) is 32.8 Å². The van der Waals surface area contributed by atoms with Crippen molar-refractivity contribution >= 4 is 17.6 Å². The van der Waals surface area contributed by atoms with E-state index in [0.29, 0.717) is 0 Å². The fourth-order valence-electron chi connectivity index (χ4n) is 2.71. The molecule has 2 unspecified atom stereocenters. The first-order chi connectivity index (χ1) is 9.81. The van der Waals surface area contributed by atoms with Crippen LogP contribution in [0.3, 0.4) is 0 Å². The molecule has 1 aromatic carbocycles. The largest absolute Gasteiger partial charge is 0.478 e. The van der Waals surface area contributed by atoms with Crippen molar-refractivity contribution in [3.05, 3.63) is 39.4 Å². The molecule has 1 fully saturated rings. The molecule has 1 heterocycles. The van der Waals surface area contributed by atoms with Crippen molar-refractivity contribution in [2.24, 2.45) is 0 Å². The van der Waals surface area contributed by atoms with Crippen LogP contribution in [0.1, 0.15) is 47.4 Å². The number of carbonyl (C=O) groups excluding carboxylic acids is 1. The Labute approximate surface area is 121 Å². The van der Waals surface area contributed by atoms with Crippen LogP contribution in [0.15, 0.2) is 18.2 Å². The molecule has 7 heteroatoms. The second kappa shape index (κ2) is 5.51. The minimum atomic E-state index is -1.30. The Morgan fingerprint density at radius 1 is 1.19 bits per heavy atom. The highest BCUT2D eigenvalue weighted by molar-refractivity contribution is 5.98. The number of amides is 1. The van der Waals surface area contributed by atoms with Crippen molar-refractivity contribution in [3.8, 4) is 0 Å². The molecule has 1 aliphatic rings. The van der Waals surface area contributed by atoms with E-state index in [1.165, 1.54) is 6.07 Å². The molecule has 1 amide bonds. The molecule has 2 atom stereocenters. The lowest BCUT2D eigenvalue weighted by Gasteiger charge is -2.26. The van der Waals surface area contributed by atoms with E-state index in [-0.39, 0.29) is 29.1 Å². The molecule has 2 rings (SSSR count). The monoisotopic (exact) mass is 292 g/mol. The lowest BCUT2D eigenvalue weighted by molar-refractivity contribution is -0.384. The third-order valence-corrected chi connectivity index (χ3v) is 3.81. The van der Waals surface area contributed by atoms with Crippen LogP contribution in [0.5, 0.6) is 0 Å². The van der Waals surface area contributed by atoms with Crippen LogP contribution in [0.2, 0.25) is 0 Å². The molecule has 21 heavy (non-hydrogen) atoms. The van der Waals surface area contributed by atoms with Crippen molar-refractivity contribution in [1.29, 1.82) is 0 Å². The minimum absolute atomic E-state index is 0.0417. The second-order valence-corrected chi connectivity index (χ2v) is 5.32. The number of hydrogen-bond acceptors (Lipinski definition) is 4. The van der Waals surface area contributed by atoms with Gasteiger partial charge in [-0.25, -0.2) is 4.79 Å². The predicted molar refractivity (Wildman–Crippen MR) is 74.4 cm³/mol. The van der Waals surface area contributed by atoms with Crippen molar-refractivity contribution in [3.63, 3.8) is 0 Å². The fourth-order valence-corrected chi connectivity index (χ4v) is 2.71. The zero-order chi connectivity index (χ0) is 15.7. The van der Waals surface area contributed by atoms with Crippen LogP contribution in [0, 0.1) is 10.1 Å². The van der Waals surface area contributed by atoms with E-state index in [9.17, 15) is 19.7 Å². The SMILES string of the molecule is CC1CCC(C)N1C(=O)c1cc(C(=O)O)cc([N+](=O)[O-])c1. The number of non-ortho nitro benzene ring substituents is 1. The van der Waals surface area contributed by atoms with Gasteiger partial charge in [-0.1, -0.05) is 0 Å². The number of benzene rings is 1. The Kier molecular flexibility index (Phi) is 3.93. The van der Waals surface area contributed by atoms with Crippen LogP contribution in [0.4, 0.5) is 5.69 Å². The Morgan fingerprint density at radius 3 is 2.19 bits per heavy atom. The highest BCUT2D eigenvalue weighted by atomic mass is 16.6. The van der Waals surface area contributed by atoms with Gasteiger partial charge in [0.2, 0.25) is 0 Å². The van der Waals surface area contributed by atoms with Gasteiger partial charge in [0.1, 0.15) is 0 Å². The number of hydrogen-bond donors (Lipinski definition) is 1. The number of aromatic carboxylic acids is 1. The van der Waals surface area contributed by atoms with Gasteiger partial charge in [0, 0.05) is 29.8 Å². The maximum atomic E-state index is 12.5. The summed E-state index contributed by atoms with van der Waals surface area (Å²) < 4.78 is 0. The van der Waals surface area contributed by atoms with E-state index in [1.54, 1.807) is 4.90 Å². The molecular weight excluding hydrogens is 276 g/mol. The van der Waals surface area contributed by atoms with Gasteiger partial charge in [-0.15, -0.1) is 0 Å². The molecule has 0 radical (unpaired) electrons. The average molecular weight is 292 g/mol. The summed E-state index contributed by atoms with van der Waals surface area (Å²) in [5, 5.41) is 19.9. The number of likely N-dealkylation sites (tertiary alicyclic amines) is 1. The Balaban J connectivity index is 2.45. The van der Waals surface area contributed by atoms with Crippen molar-refractivity contribution in [2.45, 2.75) is 38.8 Å². The lowest BCUT2D eigenvalue weighted by Crippen LogP contribution is -2.38. The molecule has 1 aromatic rings. The molecule has 0 bridgehead atoms. The van der Waals surface area contributed by atoms with Crippen molar-refractivity contribution < 1.29 is 19.6 Å². The van der Waals surface area contributed by atoms with Gasteiger partial charge in [-0.3, -0.25) is 14.9 Å². The zero-order valence-corrected chi connectivity index (χ0v) is 11.8. The van der Waals surface area contributed by atoms with Crippen LogP contribution in [0.25, 0.3) is 0 Å². The maximum Gasteiger partial charge on any atom is 0.335 e. The molecular formula is C14H16N2O5. The Morgan fingerprint density at radius 2 is 1.71 bits per heavy atom. The first-order valence-electron chi connectivity index (χ1n) is 6.66. The van der Waals surface area contributed by atoms with Crippen molar-refractivity contribution in [1.82, 2.24) is 4.90 Å². The summed E-state index contributed by atoms with van der Waals surface area (Å²) in [6.07, 6.45) is 1.74. The molecule has 1 saturated heterocycles. The van der Waals surface area contributed by atoms with Gasteiger partial charge >= 0.3 is 5.97 Å². The summed E-state index contributed by atoms with van der Waals surface area (Å²) in [7, 11) is 0. The van der Waals surface area contributed by atoms with E-state index >= 15 is 0 Å². The maximum absolute atomic E-state index is 12.5. The topological polar surface area (TPSA) is 101 Å². The number of carboxylic acids is 1. The number of nitro groups is 1. The minimum Gasteiger partial charge on any atom is -0.478 e. The quantitative estimate of drug-likeness (QED) is 0.680. The fraction of sp³-hybridized carbons (Fsp3) is 0.429. The van der Waals surface area contributed by atoms with Crippen LogP contribution >= 0.6 is 0 Å². The smallest absolute Gasteiger partial charge is 0.335 e. The zero-order valence-electron chi connectivity index (χ0n) is 11.8. The van der Waals surface area contributed by atoms with E-state index < -0.39 is 16.6 Å². The summed E-state index contributed by atoms with van der Waals surface area (Å²) in [6, 6.07) is 3.36. The van der Waals surface area contributed by atoms with Gasteiger partial charge < -0.3 is 10.0 Å². The van der Waals surface area contributed by atoms with Crippen LogP contribution in [-0.4, -0.2) is 38.9 Å². The molecule has 1 aliphatic heterocycles. The van der Waals surface area contributed by atoms with E-state index in [2.05, 4.69) is 0 Å². The molecule has 0 aromatic heterocycles. The molecule has 0 saturated carbocycles. The number of nitro benzene ring substituents is 1. The van der Waals surface area contributed by atoms with E-state index in [1.807, 2.05) is 13.8 Å². The average Bonchev–Trinajstić information content (AvgIpc) is 2.76. The summed E-state index contributed by atoms with van der Waals surface area (Å²) in [4.78, 5) is 35.4. The van der Waals surface area contributed by atoms with Gasteiger partial charge in [-0.2, -0.15) is 0 Å². The molecule has 0 spiro atoms. The highest BCUT2D eigenvalue weighted by Gasteiger charge is 2.32. The number of nitrogens with zero attached hydrogens (tertiary/aromatic N) is 2. The third-order valence-electron chi connectivity index (χ3n) is 3.81. The summed E-state index contributed by atoms with van der Waals surface area (Å²) >= 11 is 0. The molecule has 112 valence electrons. The first-order valence-corrected chi connectivity index (χ1v) is 6.66. The second-order valence-electron chi connectivity index (χ2n) is 5.32. The van der Waals surface area contributed by atoms with Gasteiger partial charge in [0.25, 0.3) is 11.6 Å². The predicted octanol–water partition coefficient (Wildman–Crippen LogP) is 2.31. The summed E-state index contributed by atoms with van der Waals surface area (Å²) in [5.41, 5.74) is -0.605. The van der Waals surface area contributed by atoms with E-state index in [0.717, 1.165) is 25.0 Å². The van der Waals surface area contributed by atoms with Crippen LogP contribution < -0.4 is 0 Å². The number of rotatable bonds is 3. The molecule has 1 N–H and O–H groups in total. The first kappa shape index (κ1) is 15.0. The van der Waals surface area contributed by atoms with E-state index in [4.69, 9.17) is 5.11 Å². The summed E-state index contributed by atoms with van der Waals surface area (Å²) in [6.45, 7) is 3.83. The normalized spacial score (nSPS) is 21.3. The standard InChI is InChI=1S/C14H16N2O5/c1-8-3-4-9(2)15(8)13(17)10-5-11(14(18)19)7-12(6-10)16(20)21/h5-9H,3-4H2,1-2H3,(H,18,19). The lowest BCUT2D eigenvalue weighted by atomic mass is 10.1. The van der Waals surface area contributed by atoms with Gasteiger partial charge in [0.15, 0.2) is 0 Å². The molecule has 0 aliphatic carbocycles. The Bertz CT molecular complexity index is 571. The van der Waals surface area contributed by atoms with Crippen molar-refractivity contribution in [2.75, 3.05) is 0 Å². The van der Waals surface area contributed by atoms with Crippen LogP contribution in [-0.2, 0) is 0 Å². The molecule has 7 nitrogen and oxygen atoms in total. The number of carboxylic acid groups (broad SMARTS) is 1. The highest BCUT2D eigenvalue weighted by Crippen LogP contribution is 2.27.